The number of hydrogen-bond acceptors (Lipinski definition) is 2. The first-order chi connectivity index (χ1) is 7.11. The van der Waals surface area contributed by atoms with Crippen LogP contribution in [-0.2, 0) is 0 Å². The van der Waals surface area contributed by atoms with Gasteiger partial charge in [-0.15, -0.1) is 0 Å². The summed E-state index contributed by atoms with van der Waals surface area (Å²) in [5.41, 5.74) is 3.17. The molecule has 1 aromatic rings. The zero-order valence-corrected chi connectivity index (χ0v) is 8.79. The number of benzene rings is 1. The molecular weight excluding hydrogens is 195 g/mol. The Morgan fingerprint density at radius 2 is 1.93 bits per heavy atom. The van der Waals surface area contributed by atoms with Crippen LogP contribution >= 0.6 is 0 Å². The van der Waals surface area contributed by atoms with Gasteiger partial charge in [0.25, 0.3) is 0 Å². The van der Waals surface area contributed by atoms with Crippen LogP contribution in [0, 0.1) is 5.82 Å². The van der Waals surface area contributed by atoms with Gasteiger partial charge < -0.3 is 5.32 Å². The van der Waals surface area contributed by atoms with E-state index in [1.54, 1.807) is 12.1 Å². The van der Waals surface area contributed by atoms with Crippen molar-refractivity contribution in [3.05, 3.63) is 30.1 Å². The molecule has 0 amide bonds. The summed E-state index contributed by atoms with van der Waals surface area (Å²) in [4.78, 5) is 4.19. The molecule has 15 heavy (non-hydrogen) atoms. The van der Waals surface area contributed by atoms with Crippen molar-refractivity contribution in [3.63, 3.8) is 0 Å². The first kappa shape index (κ1) is 11.5. The summed E-state index contributed by atoms with van der Waals surface area (Å²) in [5, 5.41) is 2.93. The molecule has 0 unspecified atom stereocenters. The fraction of sp³-hybridized carbons (Fsp3) is 0.300. The Morgan fingerprint density at radius 3 is 2.40 bits per heavy atom. The number of hydrazine groups is 1. The van der Waals surface area contributed by atoms with Gasteiger partial charge in [0.05, 0.1) is 0 Å². The average molecular weight is 210 g/mol. The van der Waals surface area contributed by atoms with Gasteiger partial charge in [0, 0.05) is 11.7 Å². The van der Waals surface area contributed by atoms with Crippen molar-refractivity contribution in [2.45, 2.75) is 19.9 Å². The summed E-state index contributed by atoms with van der Waals surface area (Å²) in [6.07, 6.45) is 0. The molecule has 0 aliphatic rings. The summed E-state index contributed by atoms with van der Waals surface area (Å²) >= 11 is 0. The molecule has 0 aliphatic carbocycles. The van der Waals surface area contributed by atoms with E-state index >= 15 is 0 Å². The summed E-state index contributed by atoms with van der Waals surface area (Å²) in [7, 11) is 0. The Labute approximate surface area is 88.4 Å². The third-order valence-electron chi connectivity index (χ3n) is 1.63. The van der Waals surface area contributed by atoms with Crippen LogP contribution in [0.4, 0.5) is 10.1 Å². The fourth-order valence-electron chi connectivity index (χ4n) is 1.03. The summed E-state index contributed by atoms with van der Waals surface area (Å²) < 4.78 is 12.6. The minimum atomic E-state index is -0.274. The minimum Gasteiger partial charge on any atom is -0.325 e. The van der Waals surface area contributed by atoms with Gasteiger partial charge in [-0.2, -0.15) is 0 Å². The van der Waals surface area contributed by atoms with E-state index in [0.717, 1.165) is 5.69 Å². The molecule has 0 aromatic heterocycles. The minimum absolute atomic E-state index is 0.129. The zero-order chi connectivity index (χ0) is 11.3. The fourth-order valence-corrected chi connectivity index (χ4v) is 1.03. The van der Waals surface area contributed by atoms with Gasteiger partial charge in [-0.25, -0.2) is 15.2 Å². The van der Waals surface area contributed by atoms with Gasteiger partial charge in [-0.1, -0.05) is 0 Å². The molecule has 1 rings (SSSR count). The van der Waals surface area contributed by atoms with Crippen LogP contribution in [0.5, 0.6) is 0 Å². The number of nitrogens with two attached hydrogens (primary N) is 1. The molecule has 82 valence electrons. The van der Waals surface area contributed by atoms with E-state index in [-0.39, 0.29) is 11.9 Å². The number of halogens is 1. The van der Waals surface area contributed by atoms with Crippen LogP contribution in [-0.4, -0.2) is 12.0 Å². The molecule has 0 fully saturated rings. The van der Waals surface area contributed by atoms with Crippen LogP contribution < -0.4 is 16.6 Å². The highest BCUT2D eigenvalue weighted by atomic mass is 19.1. The van der Waals surface area contributed by atoms with Crippen LogP contribution in [0.25, 0.3) is 0 Å². The second kappa shape index (κ2) is 5.31. The first-order valence-electron chi connectivity index (χ1n) is 4.69. The lowest BCUT2D eigenvalue weighted by Crippen LogP contribution is -2.36. The van der Waals surface area contributed by atoms with E-state index in [2.05, 4.69) is 15.7 Å². The Kier molecular flexibility index (Phi) is 4.05. The molecular formula is C10H15FN4. The number of anilines is 1. The summed E-state index contributed by atoms with van der Waals surface area (Å²) in [5.74, 6) is 5.46. The SMILES string of the molecule is CC(C)N=C(NN)Nc1ccc(F)cc1. The third-order valence-corrected chi connectivity index (χ3v) is 1.63. The van der Waals surface area contributed by atoms with Crippen molar-refractivity contribution in [1.29, 1.82) is 0 Å². The van der Waals surface area contributed by atoms with E-state index in [1.165, 1.54) is 12.1 Å². The van der Waals surface area contributed by atoms with Crippen LogP contribution in [0.1, 0.15) is 13.8 Å². The largest absolute Gasteiger partial charge is 0.325 e. The highest BCUT2D eigenvalue weighted by molar-refractivity contribution is 5.93. The molecule has 0 bridgehead atoms. The van der Waals surface area contributed by atoms with Crippen molar-refractivity contribution in [3.8, 4) is 0 Å². The Morgan fingerprint density at radius 1 is 1.33 bits per heavy atom. The Hall–Kier alpha value is -1.62. The normalized spacial score (nSPS) is 11.7. The van der Waals surface area contributed by atoms with E-state index in [4.69, 9.17) is 5.84 Å². The van der Waals surface area contributed by atoms with E-state index < -0.39 is 0 Å². The average Bonchev–Trinajstić information content (AvgIpc) is 2.19. The first-order valence-corrected chi connectivity index (χ1v) is 4.69. The lowest BCUT2D eigenvalue weighted by Gasteiger charge is -2.10. The molecule has 0 saturated heterocycles. The lowest BCUT2D eigenvalue weighted by atomic mass is 10.3. The van der Waals surface area contributed by atoms with E-state index in [9.17, 15) is 4.39 Å². The van der Waals surface area contributed by atoms with Crippen molar-refractivity contribution in [2.24, 2.45) is 10.8 Å². The van der Waals surface area contributed by atoms with Gasteiger partial charge in [-0.05, 0) is 38.1 Å². The quantitative estimate of drug-likeness (QED) is 0.300. The van der Waals surface area contributed by atoms with Gasteiger partial charge in [0.15, 0.2) is 0 Å². The molecule has 0 heterocycles. The topological polar surface area (TPSA) is 62.4 Å². The summed E-state index contributed by atoms with van der Waals surface area (Å²) in [6.45, 7) is 3.87. The van der Waals surface area contributed by atoms with Gasteiger partial charge in [0.2, 0.25) is 5.96 Å². The Balaban J connectivity index is 2.71. The van der Waals surface area contributed by atoms with Crippen molar-refractivity contribution < 1.29 is 4.39 Å². The number of nitrogens with zero attached hydrogens (tertiary/aromatic N) is 1. The van der Waals surface area contributed by atoms with Crippen molar-refractivity contribution in [2.75, 3.05) is 5.32 Å². The molecule has 5 heteroatoms. The standard InChI is InChI=1S/C10H15FN4/c1-7(2)13-10(15-12)14-9-5-3-8(11)4-6-9/h3-7H,12H2,1-2H3,(H2,13,14,15). The number of guanidine groups is 1. The molecule has 0 saturated carbocycles. The molecule has 1 aromatic carbocycles. The van der Waals surface area contributed by atoms with Crippen LogP contribution in [0.3, 0.4) is 0 Å². The number of aliphatic imine (C=N–C) groups is 1. The monoisotopic (exact) mass is 210 g/mol. The lowest BCUT2D eigenvalue weighted by molar-refractivity contribution is 0.628. The third kappa shape index (κ3) is 3.95. The predicted octanol–water partition coefficient (Wildman–Crippen LogP) is 1.47. The Bertz CT molecular complexity index is 332. The highest BCUT2D eigenvalue weighted by Crippen LogP contribution is 2.07. The predicted molar refractivity (Wildman–Crippen MR) is 59.9 cm³/mol. The number of rotatable bonds is 2. The maximum atomic E-state index is 12.6. The van der Waals surface area contributed by atoms with Crippen molar-refractivity contribution >= 4 is 11.6 Å². The maximum absolute atomic E-state index is 12.6. The number of hydrogen-bond donors (Lipinski definition) is 3. The molecule has 0 atom stereocenters. The summed E-state index contributed by atoms with van der Waals surface area (Å²) in [6, 6.07) is 6.09. The second-order valence-electron chi connectivity index (χ2n) is 3.35. The van der Waals surface area contributed by atoms with Gasteiger partial charge >= 0.3 is 0 Å². The van der Waals surface area contributed by atoms with Gasteiger partial charge in [0.1, 0.15) is 5.82 Å². The second-order valence-corrected chi connectivity index (χ2v) is 3.35. The molecule has 0 radical (unpaired) electrons. The maximum Gasteiger partial charge on any atom is 0.210 e. The van der Waals surface area contributed by atoms with Crippen LogP contribution in [0.2, 0.25) is 0 Å². The molecule has 4 nitrogen and oxygen atoms in total. The zero-order valence-electron chi connectivity index (χ0n) is 8.79. The molecule has 4 N–H and O–H groups in total. The smallest absolute Gasteiger partial charge is 0.210 e. The van der Waals surface area contributed by atoms with Crippen molar-refractivity contribution in [1.82, 2.24) is 5.43 Å². The molecule has 0 aliphatic heterocycles. The van der Waals surface area contributed by atoms with E-state index in [0.29, 0.717) is 5.96 Å². The van der Waals surface area contributed by atoms with Gasteiger partial charge in [-0.3, -0.25) is 5.43 Å². The highest BCUT2D eigenvalue weighted by Gasteiger charge is 1.99. The van der Waals surface area contributed by atoms with E-state index in [1.807, 2.05) is 13.8 Å². The van der Waals surface area contributed by atoms with Crippen LogP contribution in [0.15, 0.2) is 29.3 Å². The molecule has 0 spiro atoms. The number of nitrogens with one attached hydrogen (secondary N) is 2.